The average molecular weight is 399 g/mol. The van der Waals surface area contributed by atoms with Gasteiger partial charge in [-0.1, -0.05) is 23.2 Å². The summed E-state index contributed by atoms with van der Waals surface area (Å²) < 4.78 is 20.3. The van der Waals surface area contributed by atoms with Gasteiger partial charge in [0.05, 0.1) is 36.9 Å². The number of hydrogen-bond acceptors (Lipinski definition) is 6. The summed E-state index contributed by atoms with van der Waals surface area (Å²) in [5.41, 5.74) is 0.433. The lowest BCUT2D eigenvalue weighted by atomic mass is 10.1. The molecule has 0 aliphatic heterocycles. The van der Waals surface area contributed by atoms with Gasteiger partial charge in [-0.05, 0) is 30.3 Å². The van der Waals surface area contributed by atoms with Crippen molar-refractivity contribution in [3.8, 4) is 17.2 Å². The first-order valence-corrected chi connectivity index (χ1v) is 8.12. The maximum absolute atomic E-state index is 12.2. The Morgan fingerprint density at radius 2 is 1.50 bits per heavy atom. The van der Waals surface area contributed by atoms with E-state index in [1.54, 1.807) is 6.07 Å². The summed E-state index contributed by atoms with van der Waals surface area (Å²) >= 11 is 12.0. The molecule has 2 aromatic rings. The number of halogens is 2. The first-order chi connectivity index (χ1) is 12.4. The highest BCUT2D eigenvalue weighted by Crippen LogP contribution is 2.36. The molecular weight excluding hydrogens is 383 g/mol. The second-order valence-electron chi connectivity index (χ2n) is 5.04. The normalized spacial score (nSPS) is 10.2. The van der Waals surface area contributed by atoms with Crippen molar-refractivity contribution < 1.29 is 28.5 Å². The maximum atomic E-state index is 12.2. The quantitative estimate of drug-likeness (QED) is 0.517. The van der Waals surface area contributed by atoms with Crippen molar-refractivity contribution in [2.75, 3.05) is 27.9 Å². The summed E-state index contributed by atoms with van der Waals surface area (Å²) in [4.78, 5) is 24.4. The highest BCUT2D eigenvalue weighted by Gasteiger charge is 2.18. The molecule has 0 amide bonds. The van der Waals surface area contributed by atoms with Crippen molar-refractivity contribution >= 4 is 35.0 Å². The van der Waals surface area contributed by atoms with E-state index in [9.17, 15) is 9.59 Å². The Hall–Kier alpha value is -2.44. The molecule has 0 saturated carbocycles. The number of Topliss-reactive ketones (excluding diaryl/α,β-unsaturated/α-hetero) is 1. The Bertz CT molecular complexity index is 835. The van der Waals surface area contributed by atoms with Crippen LogP contribution in [-0.2, 0) is 4.74 Å². The zero-order valence-electron chi connectivity index (χ0n) is 14.3. The van der Waals surface area contributed by atoms with E-state index in [0.29, 0.717) is 17.1 Å². The monoisotopic (exact) mass is 398 g/mol. The van der Waals surface area contributed by atoms with E-state index in [1.807, 2.05) is 0 Å². The van der Waals surface area contributed by atoms with Gasteiger partial charge in [0.15, 0.2) is 23.9 Å². The van der Waals surface area contributed by atoms with Crippen LogP contribution in [0.3, 0.4) is 0 Å². The van der Waals surface area contributed by atoms with Crippen LogP contribution >= 0.6 is 23.2 Å². The molecule has 0 unspecified atom stereocenters. The first-order valence-electron chi connectivity index (χ1n) is 7.36. The van der Waals surface area contributed by atoms with Crippen LogP contribution in [0, 0.1) is 0 Å². The molecule has 6 nitrogen and oxygen atoms in total. The predicted octanol–water partition coefficient (Wildman–Crippen LogP) is 4.06. The van der Waals surface area contributed by atoms with E-state index >= 15 is 0 Å². The average Bonchev–Trinajstić information content (AvgIpc) is 2.64. The third-order valence-electron chi connectivity index (χ3n) is 3.48. The van der Waals surface area contributed by atoms with E-state index < -0.39 is 18.4 Å². The molecule has 0 N–H and O–H groups in total. The fourth-order valence-corrected chi connectivity index (χ4v) is 2.72. The zero-order valence-corrected chi connectivity index (χ0v) is 15.8. The van der Waals surface area contributed by atoms with Crippen LogP contribution in [0.25, 0.3) is 0 Å². The summed E-state index contributed by atoms with van der Waals surface area (Å²) in [7, 11) is 4.32. The van der Waals surface area contributed by atoms with Gasteiger partial charge in [-0.25, -0.2) is 4.79 Å². The van der Waals surface area contributed by atoms with Gasteiger partial charge in [-0.15, -0.1) is 0 Å². The van der Waals surface area contributed by atoms with E-state index in [2.05, 4.69) is 0 Å². The molecule has 2 rings (SSSR count). The number of carbonyl (C=O) groups is 2. The van der Waals surface area contributed by atoms with E-state index in [4.69, 9.17) is 42.1 Å². The lowest BCUT2D eigenvalue weighted by Crippen LogP contribution is -2.14. The number of ketones is 1. The van der Waals surface area contributed by atoms with Crippen LogP contribution in [0.15, 0.2) is 30.3 Å². The molecule has 0 aromatic heterocycles. The number of hydrogen-bond donors (Lipinski definition) is 0. The van der Waals surface area contributed by atoms with Crippen LogP contribution in [-0.4, -0.2) is 39.7 Å². The van der Waals surface area contributed by atoms with Crippen molar-refractivity contribution in [2.24, 2.45) is 0 Å². The highest BCUT2D eigenvalue weighted by atomic mass is 35.5. The third kappa shape index (κ3) is 4.39. The molecule has 0 radical (unpaired) electrons. The summed E-state index contributed by atoms with van der Waals surface area (Å²) in [6, 6.07) is 7.34. The number of carbonyl (C=O) groups excluding carboxylic acids is 2. The van der Waals surface area contributed by atoms with Crippen molar-refractivity contribution in [3.63, 3.8) is 0 Å². The second kappa shape index (κ2) is 8.78. The second-order valence-corrected chi connectivity index (χ2v) is 5.86. The molecule has 0 atom stereocenters. The number of methoxy groups -OCH3 is 3. The molecule has 2 aromatic carbocycles. The van der Waals surface area contributed by atoms with Gasteiger partial charge in [-0.3, -0.25) is 4.79 Å². The topological polar surface area (TPSA) is 71.1 Å². The zero-order chi connectivity index (χ0) is 19.3. The lowest BCUT2D eigenvalue weighted by molar-refractivity contribution is 0.0474. The van der Waals surface area contributed by atoms with Gasteiger partial charge in [0.25, 0.3) is 0 Å². The molecule has 0 heterocycles. The summed E-state index contributed by atoms with van der Waals surface area (Å²) in [6.45, 7) is -0.451. The molecule has 0 fully saturated rings. The van der Waals surface area contributed by atoms with Crippen LogP contribution < -0.4 is 14.2 Å². The Morgan fingerprint density at radius 3 is 2.08 bits per heavy atom. The van der Waals surface area contributed by atoms with Crippen LogP contribution in [0.4, 0.5) is 0 Å². The molecule has 26 heavy (non-hydrogen) atoms. The fourth-order valence-electron chi connectivity index (χ4n) is 2.17. The molecule has 8 heteroatoms. The Balaban J connectivity index is 2.10. The molecule has 0 bridgehead atoms. The molecule has 0 aliphatic carbocycles. The van der Waals surface area contributed by atoms with Crippen LogP contribution in [0.2, 0.25) is 10.0 Å². The summed E-state index contributed by atoms with van der Waals surface area (Å²) in [6.07, 6.45) is 0. The van der Waals surface area contributed by atoms with Gasteiger partial charge in [0, 0.05) is 5.56 Å². The van der Waals surface area contributed by atoms with E-state index in [1.165, 1.54) is 45.6 Å². The maximum Gasteiger partial charge on any atom is 0.338 e. The third-order valence-corrected chi connectivity index (χ3v) is 4.05. The Morgan fingerprint density at radius 1 is 0.846 bits per heavy atom. The molecule has 0 saturated heterocycles. The SMILES string of the molecule is COc1ccc(C(=O)COC(=O)c2cc(Cl)c(OC)c(OC)c2)cc1Cl. The molecular formula is C18H16Cl2O6. The Kier molecular flexibility index (Phi) is 6.71. The largest absolute Gasteiger partial charge is 0.495 e. The van der Waals surface area contributed by atoms with Crippen molar-refractivity contribution in [1.29, 1.82) is 0 Å². The Labute approximate surface area is 160 Å². The molecule has 138 valence electrons. The smallest absolute Gasteiger partial charge is 0.338 e. The number of esters is 1. The first kappa shape index (κ1) is 19.9. The standard InChI is InChI=1S/C18H16Cl2O6/c1-23-15-5-4-10(6-12(15)19)14(21)9-26-18(22)11-7-13(20)17(25-3)16(8-11)24-2/h4-8H,9H2,1-3H3. The van der Waals surface area contributed by atoms with Gasteiger partial charge in [-0.2, -0.15) is 0 Å². The summed E-state index contributed by atoms with van der Waals surface area (Å²) in [5.74, 6) is -0.106. The van der Waals surface area contributed by atoms with Crippen LogP contribution in [0.5, 0.6) is 17.2 Å². The van der Waals surface area contributed by atoms with Crippen molar-refractivity contribution in [3.05, 3.63) is 51.5 Å². The summed E-state index contributed by atoms with van der Waals surface area (Å²) in [5, 5.41) is 0.475. The highest BCUT2D eigenvalue weighted by molar-refractivity contribution is 6.33. The van der Waals surface area contributed by atoms with Gasteiger partial charge < -0.3 is 18.9 Å². The molecule has 0 spiro atoms. The minimum absolute atomic E-state index is 0.133. The minimum Gasteiger partial charge on any atom is -0.495 e. The number of benzene rings is 2. The van der Waals surface area contributed by atoms with Crippen molar-refractivity contribution in [2.45, 2.75) is 0 Å². The van der Waals surface area contributed by atoms with E-state index in [-0.39, 0.29) is 21.4 Å². The minimum atomic E-state index is -0.721. The fraction of sp³-hybridized carbons (Fsp3) is 0.222. The van der Waals surface area contributed by atoms with Gasteiger partial charge in [0.2, 0.25) is 0 Å². The van der Waals surface area contributed by atoms with Crippen LogP contribution in [0.1, 0.15) is 20.7 Å². The molecule has 0 aliphatic rings. The van der Waals surface area contributed by atoms with Gasteiger partial charge >= 0.3 is 5.97 Å². The van der Waals surface area contributed by atoms with Crippen molar-refractivity contribution in [1.82, 2.24) is 0 Å². The lowest BCUT2D eigenvalue weighted by Gasteiger charge is -2.11. The van der Waals surface area contributed by atoms with Gasteiger partial charge in [0.1, 0.15) is 5.75 Å². The van der Waals surface area contributed by atoms with E-state index in [0.717, 1.165) is 0 Å². The predicted molar refractivity (Wildman–Crippen MR) is 97.2 cm³/mol. The number of ether oxygens (including phenoxy) is 4. The number of rotatable bonds is 7.